The van der Waals surface area contributed by atoms with Crippen LogP contribution in [0.15, 0.2) is 39.7 Å². The number of halogens is 1. The molecule has 0 amide bonds. The number of nitrogens with zero attached hydrogens (tertiary/aromatic N) is 3. The number of aliphatic carboxylic acids is 1. The molecule has 3 aromatic rings. The van der Waals surface area contributed by atoms with E-state index in [1.807, 2.05) is 26.0 Å². The standard InChI is InChI=1S/C28H35FN4O6/c1-4-37-22-15-18(16-23(26(22)29)38-5-2)17-33-13-11-19(12-14-33)30-28-32-21-8-6-7-20(27(21)39-28)31-24(36-3)9-10-25(34)35/h6-8,15-16,19H,4-5,9-14,17H2,1-3H3,(H,30,32)(H,34,35). The van der Waals surface area contributed by atoms with Gasteiger partial charge in [0.05, 0.1) is 26.7 Å². The maximum atomic E-state index is 14.6. The molecular formula is C28H35FN4O6. The van der Waals surface area contributed by atoms with Gasteiger partial charge in [-0.15, -0.1) is 0 Å². The summed E-state index contributed by atoms with van der Waals surface area (Å²) in [4.78, 5) is 22.2. The number of carbonyl (C=O) groups is 1. The van der Waals surface area contributed by atoms with Crippen molar-refractivity contribution in [3.63, 3.8) is 0 Å². The van der Waals surface area contributed by atoms with Crippen molar-refractivity contribution in [2.24, 2.45) is 4.99 Å². The summed E-state index contributed by atoms with van der Waals surface area (Å²) in [5.74, 6) is -0.635. The summed E-state index contributed by atoms with van der Waals surface area (Å²) < 4.78 is 36.8. The van der Waals surface area contributed by atoms with Crippen LogP contribution in [-0.4, -0.2) is 66.3 Å². The lowest BCUT2D eigenvalue weighted by Gasteiger charge is -2.32. The zero-order valence-electron chi connectivity index (χ0n) is 22.5. The van der Waals surface area contributed by atoms with Crippen molar-refractivity contribution >= 4 is 34.7 Å². The summed E-state index contributed by atoms with van der Waals surface area (Å²) in [6.07, 6.45) is 1.86. The van der Waals surface area contributed by atoms with Gasteiger partial charge in [0, 0.05) is 32.1 Å². The quantitative estimate of drug-likeness (QED) is 0.230. The van der Waals surface area contributed by atoms with Gasteiger partial charge in [0.15, 0.2) is 23.0 Å². The van der Waals surface area contributed by atoms with E-state index in [1.54, 1.807) is 18.2 Å². The molecule has 2 heterocycles. The van der Waals surface area contributed by atoms with E-state index < -0.39 is 11.8 Å². The Morgan fingerprint density at radius 1 is 1.18 bits per heavy atom. The Morgan fingerprint density at radius 3 is 2.49 bits per heavy atom. The van der Waals surface area contributed by atoms with Crippen LogP contribution >= 0.6 is 0 Å². The molecule has 4 rings (SSSR count). The highest BCUT2D eigenvalue weighted by Crippen LogP contribution is 2.32. The van der Waals surface area contributed by atoms with Crippen molar-refractivity contribution < 1.29 is 32.9 Å². The number of rotatable bonds is 12. The number of carboxylic acid groups (broad SMARTS) is 1. The van der Waals surface area contributed by atoms with E-state index >= 15 is 0 Å². The fourth-order valence-corrected chi connectivity index (χ4v) is 4.54. The number of benzene rings is 2. The van der Waals surface area contributed by atoms with Gasteiger partial charge in [0.25, 0.3) is 6.01 Å². The fraction of sp³-hybridized carbons (Fsp3) is 0.464. The molecule has 39 heavy (non-hydrogen) atoms. The van der Waals surface area contributed by atoms with Crippen molar-refractivity contribution in [1.29, 1.82) is 0 Å². The number of likely N-dealkylation sites (tertiary alicyclic amines) is 1. The lowest BCUT2D eigenvalue weighted by atomic mass is 10.0. The molecular weight excluding hydrogens is 507 g/mol. The van der Waals surface area contributed by atoms with Gasteiger partial charge in [-0.2, -0.15) is 9.37 Å². The molecule has 210 valence electrons. The van der Waals surface area contributed by atoms with E-state index in [2.05, 4.69) is 20.2 Å². The van der Waals surface area contributed by atoms with Crippen LogP contribution in [0.3, 0.4) is 0 Å². The maximum Gasteiger partial charge on any atom is 0.303 e. The number of aromatic nitrogens is 1. The second-order valence-corrected chi connectivity index (χ2v) is 9.21. The molecule has 1 aliphatic heterocycles. The Bertz CT molecular complexity index is 1280. The molecule has 11 heteroatoms. The highest BCUT2D eigenvalue weighted by molar-refractivity contribution is 5.90. The first-order valence-electron chi connectivity index (χ1n) is 13.2. The van der Waals surface area contributed by atoms with Crippen LogP contribution in [0.2, 0.25) is 0 Å². The van der Waals surface area contributed by atoms with Crippen molar-refractivity contribution in [3.8, 4) is 11.5 Å². The van der Waals surface area contributed by atoms with E-state index in [0.717, 1.165) is 31.5 Å². The molecule has 0 bridgehead atoms. The van der Waals surface area contributed by atoms with Gasteiger partial charge in [-0.3, -0.25) is 9.69 Å². The first kappa shape index (κ1) is 28.2. The molecule has 0 aliphatic carbocycles. The molecule has 0 radical (unpaired) electrons. The Morgan fingerprint density at radius 2 is 1.87 bits per heavy atom. The van der Waals surface area contributed by atoms with E-state index in [-0.39, 0.29) is 30.4 Å². The highest BCUT2D eigenvalue weighted by Gasteiger charge is 2.22. The topological polar surface area (TPSA) is 119 Å². The molecule has 0 unspecified atom stereocenters. The van der Waals surface area contributed by atoms with Crippen LogP contribution in [-0.2, 0) is 16.1 Å². The van der Waals surface area contributed by atoms with Crippen LogP contribution < -0.4 is 14.8 Å². The van der Waals surface area contributed by atoms with Gasteiger partial charge in [0.2, 0.25) is 5.82 Å². The fourth-order valence-electron chi connectivity index (χ4n) is 4.54. The minimum absolute atomic E-state index is 0.0763. The summed E-state index contributed by atoms with van der Waals surface area (Å²) in [5.41, 5.74) is 2.63. The molecule has 2 aromatic carbocycles. The van der Waals surface area contributed by atoms with Gasteiger partial charge in [-0.25, -0.2) is 4.99 Å². The third-order valence-corrected chi connectivity index (χ3v) is 6.41. The predicted molar refractivity (Wildman–Crippen MR) is 146 cm³/mol. The Labute approximate surface area is 226 Å². The number of piperidine rings is 1. The summed E-state index contributed by atoms with van der Waals surface area (Å²) in [7, 11) is 1.46. The van der Waals surface area contributed by atoms with Crippen molar-refractivity contribution in [2.45, 2.75) is 52.1 Å². The summed E-state index contributed by atoms with van der Waals surface area (Å²) >= 11 is 0. The monoisotopic (exact) mass is 542 g/mol. The largest absolute Gasteiger partial charge is 0.491 e. The molecule has 1 fully saturated rings. The minimum Gasteiger partial charge on any atom is -0.491 e. The third-order valence-electron chi connectivity index (χ3n) is 6.41. The zero-order valence-corrected chi connectivity index (χ0v) is 22.5. The van der Waals surface area contributed by atoms with Crippen LogP contribution in [0, 0.1) is 5.82 Å². The number of oxazole rings is 1. The number of fused-ring (bicyclic) bond motifs is 1. The van der Waals surface area contributed by atoms with Crippen LogP contribution in [0.4, 0.5) is 16.1 Å². The third kappa shape index (κ3) is 7.38. The van der Waals surface area contributed by atoms with Crippen LogP contribution in [0.1, 0.15) is 45.1 Å². The number of carboxylic acids is 1. The number of aliphatic imine (C=N–C) groups is 1. The van der Waals surface area contributed by atoms with E-state index in [1.165, 1.54) is 7.11 Å². The number of hydrogen-bond donors (Lipinski definition) is 2. The Hall–Kier alpha value is -3.86. The van der Waals surface area contributed by atoms with Gasteiger partial charge in [-0.05, 0) is 56.5 Å². The van der Waals surface area contributed by atoms with Gasteiger partial charge in [-0.1, -0.05) is 6.07 Å². The average Bonchev–Trinajstić information content (AvgIpc) is 3.33. The first-order chi connectivity index (χ1) is 18.9. The molecule has 0 saturated carbocycles. The zero-order chi connectivity index (χ0) is 27.8. The Balaban J connectivity index is 1.38. The number of ether oxygens (including phenoxy) is 3. The van der Waals surface area contributed by atoms with Crippen molar-refractivity contribution in [1.82, 2.24) is 9.88 Å². The second kappa shape index (κ2) is 13.3. The maximum absolute atomic E-state index is 14.6. The number of methoxy groups -OCH3 is 1. The SMILES string of the molecule is CCOc1cc(CN2CCC(Nc3nc4cccc(N=C(CCC(=O)O)OC)c4o3)CC2)cc(OCC)c1F. The van der Waals surface area contributed by atoms with E-state index in [9.17, 15) is 9.18 Å². The minimum atomic E-state index is -0.918. The molecule has 0 atom stereocenters. The molecule has 0 spiro atoms. The predicted octanol–water partition coefficient (Wildman–Crippen LogP) is 5.38. The lowest BCUT2D eigenvalue weighted by Crippen LogP contribution is -2.38. The van der Waals surface area contributed by atoms with Gasteiger partial charge in [0.1, 0.15) is 11.2 Å². The number of nitrogens with one attached hydrogen (secondary N) is 1. The van der Waals surface area contributed by atoms with Crippen molar-refractivity contribution in [2.75, 3.05) is 38.7 Å². The van der Waals surface area contributed by atoms with Crippen LogP contribution in [0.25, 0.3) is 11.1 Å². The summed E-state index contributed by atoms with van der Waals surface area (Å²) in [6.45, 7) is 6.78. The first-order valence-corrected chi connectivity index (χ1v) is 13.2. The number of hydrogen-bond acceptors (Lipinski definition) is 9. The Kier molecular flexibility index (Phi) is 9.59. The molecule has 1 aliphatic rings. The summed E-state index contributed by atoms with van der Waals surface area (Å²) in [6, 6.07) is 9.53. The summed E-state index contributed by atoms with van der Waals surface area (Å²) in [5, 5.41) is 12.3. The van der Waals surface area contributed by atoms with E-state index in [4.69, 9.17) is 23.7 Å². The molecule has 10 nitrogen and oxygen atoms in total. The number of anilines is 1. The molecule has 2 N–H and O–H groups in total. The van der Waals surface area contributed by atoms with Crippen molar-refractivity contribution in [3.05, 3.63) is 41.7 Å². The van der Waals surface area contributed by atoms with E-state index in [0.29, 0.717) is 48.5 Å². The molecule has 1 saturated heterocycles. The average molecular weight is 543 g/mol. The molecule has 1 aromatic heterocycles. The number of para-hydroxylation sites is 1. The second-order valence-electron chi connectivity index (χ2n) is 9.21. The normalized spacial score (nSPS) is 14.9. The van der Waals surface area contributed by atoms with Gasteiger partial charge < -0.3 is 29.1 Å². The van der Waals surface area contributed by atoms with Gasteiger partial charge >= 0.3 is 5.97 Å². The lowest BCUT2D eigenvalue weighted by molar-refractivity contribution is -0.136. The highest BCUT2D eigenvalue weighted by atomic mass is 19.1. The van der Waals surface area contributed by atoms with Crippen LogP contribution in [0.5, 0.6) is 11.5 Å². The smallest absolute Gasteiger partial charge is 0.303 e.